The van der Waals surface area contributed by atoms with Crippen LogP contribution in [0.25, 0.3) is 0 Å². The molecule has 0 atom stereocenters. The maximum Gasteiger partial charge on any atom is 0.224 e. The second-order valence-corrected chi connectivity index (χ2v) is 7.48. The van der Waals surface area contributed by atoms with Crippen molar-refractivity contribution in [2.45, 2.75) is 26.2 Å². The van der Waals surface area contributed by atoms with Crippen LogP contribution in [0.1, 0.15) is 31.7 Å². The molecule has 1 heterocycles. The Bertz CT molecular complexity index is 766. The Morgan fingerprint density at radius 2 is 1.71 bits per heavy atom. The second kappa shape index (κ2) is 9.49. The standard InChI is InChI=1S/C23H31N3O2/c1-18(2)21-6-4-5-7-22(21)24-13-12-23(27)26-16-14-25(15-17-26)19-8-10-20(28-3)11-9-19/h4-11,18,24H,12-17H2,1-3H3. The van der Waals surface area contributed by atoms with Gasteiger partial charge in [0.05, 0.1) is 7.11 Å². The second-order valence-electron chi connectivity index (χ2n) is 7.48. The fraction of sp³-hybridized carbons (Fsp3) is 0.435. The van der Waals surface area contributed by atoms with E-state index in [0.29, 0.717) is 18.9 Å². The molecule has 0 unspecified atom stereocenters. The summed E-state index contributed by atoms with van der Waals surface area (Å²) in [5, 5.41) is 3.44. The molecule has 0 radical (unpaired) electrons. The van der Waals surface area contributed by atoms with Gasteiger partial charge in [0.2, 0.25) is 5.91 Å². The van der Waals surface area contributed by atoms with E-state index >= 15 is 0 Å². The van der Waals surface area contributed by atoms with Crippen molar-refractivity contribution >= 4 is 17.3 Å². The van der Waals surface area contributed by atoms with Crippen molar-refractivity contribution in [3.63, 3.8) is 0 Å². The molecule has 1 fully saturated rings. The normalized spacial score (nSPS) is 14.3. The largest absolute Gasteiger partial charge is 0.497 e. The van der Waals surface area contributed by atoms with E-state index in [0.717, 1.165) is 37.6 Å². The first kappa shape index (κ1) is 20.1. The van der Waals surface area contributed by atoms with E-state index in [-0.39, 0.29) is 5.91 Å². The number of anilines is 2. The predicted molar refractivity (Wildman–Crippen MR) is 115 cm³/mol. The first-order valence-electron chi connectivity index (χ1n) is 10.1. The SMILES string of the molecule is COc1ccc(N2CCN(C(=O)CCNc3ccccc3C(C)C)CC2)cc1. The Labute approximate surface area is 168 Å². The predicted octanol–water partition coefficient (Wildman–Crippen LogP) is 3.97. The molecule has 1 aliphatic rings. The first-order valence-corrected chi connectivity index (χ1v) is 10.1. The Morgan fingerprint density at radius 3 is 2.36 bits per heavy atom. The maximum absolute atomic E-state index is 12.6. The van der Waals surface area contributed by atoms with Crippen LogP contribution in [0.2, 0.25) is 0 Å². The third-order valence-corrected chi connectivity index (χ3v) is 5.31. The highest BCUT2D eigenvalue weighted by Gasteiger charge is 2.21. The van der Waals surface area contributed by atoms with Gasteiger partial charge < -0.3 is 19.9 Å². The van der Waals surface area contributed by atoms with Gasteiger partial charge in [0, 0.05) is 50.5 Å². The minimum Gasteiger partial charge on any atom is -0.497 e. The molecule has 3 rings (SSSR count). The van der Waals surface area contributed by atoms with E-state index in [9.17, 15) is 4.79 Å². The molecule has 1 aliphatic heterocycles. The number of carbonyl (C=O) groups excluding carboxylic acids is 1. The van der Waals surface area contributed by atoms with Crippen LogP contribution in [-0.4, -0.2) is 50.6 Å². The number of piperazine rings is 1. The van der Waals surface area contributed by atoms with Crippen LogP contribution in [0.4, 0.5) is 11.4 Å². The van der Waals surface area contributed by atoms with Gasteiger partial charge in [-0.2, -0.15) is 0 Å². The summed E-state index contributed by atoms with van der Waals surface area (Å²) in [6.07, 6.45) is 0.523. The number of rotatable bonds is 7. The Hall–Kier alpha value is -2.69. The molecule has 0 aliphatic carbocycles. The van der Waals surface area contributed by atoms with Crippen molar-refractivity contribution in [1.29, 1.82) is 0 Å². The monoisotopic (exact) mass is 381 g/mol. The number of amides is 1. The number of para-hydroxylation sites is 1. The zero-order valence-electron chi connectivity index (χ0n) is 17.1. The lowest BCUT2D eigenvalue weighted by molar-refractivity contribution is -0.131. The van der Waals surface area contributed by atoms with E-state index in [1.54, 1.807) is 7.11 Å². The summed E-state index contributed by atoms with van der Waals surface area (Å²) in [5.41, 5.74) is 3.61. The molecule has 1 N–H and O–H groups in total. The maximum atomic E-state index is 12.6. The van der Waals surface area contributed by atoms with Gasteiger partial charge in [-0.3, -0.25) is 4.79 Å². The lowest BCUT2D eigenvalue weighted by atomic mass is 10.0. The van der Waals surface area contributed by atoms with Gasteiger partial charge >= 0.3 is 0 Å². The minimum atomic E-state index is 0.226. The van der Waals surface area contributed by atoms with Gasteiger partial charge in [0.15, 0.2) is 0 Å². The molecular formula is C23H31N3O2. The molecule has 28 heavy (non-hydrogen) atoms. The van der Waals surface area contributed by atoms with E-state index in [1.165, 1.54) is 11.3 Å². The third kappa shape index (κ3) is 4.97. The number of carbonyl (C=O) groups is 1. The molecule has 0 aromatic heterocycles. The molecule has 2 aromatic carbocycles. The van der Waals surface area contributed by atoms with Gasteiger partial charge in [-0.25, -0.2) is 0 Å². The van der Waals surface area contributed by atoms with Crippen LogP contribution >= 0.6 is 0 Å². The smallest absolute Gasteiger partial charge is 0.224 e. The van der Waals surface area contributed by atoms with Gasteiger partial charge in [0.1, 0.15) is 5.75 Å². The number of hydrogen-bond acceptors (Lipinski definition) is 4. The summed E-state index contributed by atoms with van der Waals surface area (Å²) >= 11 is 0. The summed E-state index contributed by atoms with van der Waals surface area (Å²) < 4.78 is 5.22. The molecule has 1 saturated heterocycles. The van der Waals surface area contributed by atoms with Crippen LogP contribution in [0.15, 0.2) is 48.5 Å². The summed E-state index contributed by atoms with van der Waals surface area (Å²) in [5.74, 6) is 1.55. The fourth-order valence-corrected chi connectivity index (χ4v) is 3.63. The number of ether oxygens (including phenoxy) is 1. The van der Waals surface area contributed by atoms with Crippen LogP contribution in [0.5, 0.6) is 5.75 Å². The number of benzene rings is 2. The zero-order chi connectivity index (χ0) is 19.9. The highest BCUT2D eigenvalue weighted by Crippen LogP contribution is 2.24. The summed E-state index contributed by atoms with van der Waals surface area (Å²) in [7, 11) is 1.68. The van der Waals surface area contributed by atoms with Gasteiger partial charge in [-0.1, -0.05) is 32.0 Å². The molecule has 150 valence electrons. The molecular weight excluding hydrogens is 350 g/mol. The van der Waals surface area contributed by atoms with Crippen molar-refractivity contribution in [3.05, 3.63) is 54.1 Å². The Balaban J connectivity index is 1.45. The minimum absolute atomic E-state index is 0.226. The number of nitrogens with zero attached hydrogens (tertiary/aromatic N) is 2. The van der Waals surface area contributed by atoms with Crippen LogP contribution < -0.4 is 15.0 Å². The van der Waals surface area contributed by atoms with Gasteiger partial charge in [-0.05, 0) is 41.8 Å². The number of hydrogen-bond donors (Lipinski definition) is 1. The van der Waals surface area contributed by atoms with Crippen molar-refractivity contribution in [2.75, 3.05) is 50.1 Å². The van der Waals surface area contributed by atoms with E-state index < -0.39 is 0 Å². The summed E-state index contributed by atoms with van der Waals surface area (Å²) in [6.45, 7) is 8.31. The molecule has 5 heteroatoms. The molecule has 5 nitrogen and oxygen atoms in total. The molecule has 0 saturated carbocycles. The highest BCUT2D eigenvalue weighted by atomic mass is 16.5. The van der Waals surface area contributed by atoms with Gasteiger partial charge in [-0.15, -0.1) is 0 Å². The van der Waals surface area contributed by atoms with E-state index in [2.05, 4.69) is 54.4 Å². The highest BCUT2D eigenvalue weighted by molar-refractivity contribution is 5.77. The number of methoxy groups -OCH3 is 1. The van der Waals surface area contributed by atoms with E-state index in [1.807, 2.05) is 23.1 Å². The number of nitrogens with one attached hydrogen (secondary N) is 1. The first-order chi connectivity index (χ1) is 13.6. The Morgan fingerprint density at radius 1 is 1.04 bits per heavy atom. The average Bonchev–Trinajstić information content (AvgIpc) is 2.74. The lowest BCUT2D eigenvalue weighted by Gasteiger charge is -2.36. The summed E-state index contributed by atoms with van der Waals surface area (Å²) in [6, 6.07) is 16.4. The van der Waals surface area contributed by atoms with Crippen molar-refractivity contribution in [2.24, 2.45) is 0 Å². The van der Waals surface area contributed by atoms with Crippen molar-refractivity contribution in [1.82, 2.24) is 4.90 Å². The third-order valence-electron chi connectivity index (χ3n) is 5.31. The van der Waals surface area contributed by atoms with Crippen LogP contribution in [0.3, 0.4) is 0 Å². The fourth-order valence-electron chi connectivity index (χ4n) is 3.63. The van der Waals surface area contributed by atoms with Gasteiger partial charge in [0.25, 0.3) is 0 Å². The zero-order valence-corrected chi connectivity index (χ0v) is 17.1. The lowest BCUT2D eigenvalue weighted by Crippen LogP contribution is -2.49. The van der Waals surface area contributed by atoms with Crippen LogP contribution in [-0.2, 0) is 4.79 Å². The Kier molecular flexibility index (Phi) is 6.80. The van der Waals surface area contributed by atoms with Crippen molar-refractivity contribution in [3.8, 4) is 5.75 Å². The molecule has 0 bridgehead atoms. The summed E-state index contributed by atoms with van der Waals surface area (Å²) in [4.78, 5) is 16.9. The average molecular weight is 382 g/mol. The van der Waals surface area contributed by atoms with Crippen LogP contribution in [0, 0.1) is 0 Å². The molecule has 1 amide bonds. The topological polar surface area (TPSA) is 44.8 Å². The van der Waals surface area contributed by atoms with E-state index in [4.69, 9.17) is 4.74 Å². The molecule has 0 spiro atoms. The van der Waals surface area contributed by atoms with Crippen molar-refractivity contribution < 1.29 is 9.53 Å². The quantitative estimate of drug-likeness (QED) is 0.788. The molecule has 2 aromatic rings.